The zero-order valence-corrected chi connectivity index (χ0v) is 12.0. The summed E-state index contributed by atoms with van der Waals surface area (Å²) < 4.78 is 0. The number of carboxylic acids is 1. The first-order valence-electron chi connectivity index (χ1n) is 6.96. The third kappa shape index (κ3) is 2.95. The highest BCUT2D eigenvalue weighted by Gasteiger charge is 2.35. The van der Waals surface area contributed by atoms with E-state index in [1.54, 1.807) is 16.2 Å². The molecule has 1 fully saturated rings. The molecule has 6 heteroatoms. The lowest BCUT2D eigenvalue weighted by Gasteiger charge is -2.29. The number of aliphatic carboxylic acids is 1. The van der Waals surface area contributed by atoms with Crippen LogP contribution in [0.2, 0.25) is 0 Å². The van der Waals surface area contributed by atoms with Gasteiger partial charge in [-0.3, -0.25) is 4.79 Å². The Balaban J connectivity index is 1.60. The van der Waals surface area contributed by atoms with Crippen LogP contribution in [0, 0.1) is 5.92 Å². The van der Waals surface area contributed by atoms with Gasteiger partial charge in [-0.05, 0) is 42.2 Å². The van der Waals surface area contributed by atoms with Crippen LogP contribution in [0.1, 0.15) is 29.7 Å². The van der Waals surface area contributed by atoms with E-state index in [1.165, 1.54) is 10.4 Å². The van der Waals surface area contributed by atoms with Crippen LogP contribution >= 0.6 is 11.3 Å². The Bertz CT molecular complexity index is 524. The van der Waals surface area contributed by atoms with Crippen LogP contribution < -0.4 is 5.32 Å². The minimum absolute atomic E-state index is 0.0218. The molecule has 1 aromatic heterocycles. The first kappa shape index (κ1) is 13.4. The van der Waals surface area contributed by atoms with Gasteiger partial charge in [0.2, 0.25) is 0 Å². The van der Waals surface area contributed by atoms with E-state index in [2.05, 4.69) is 16.8 Å². The fraction of sp³-hybridized carbons (Fsp3) is 0.571. The van der Waals surface area contributed by atoms with Crippen LogP contribution in [0.25, 0.3) is 0 Å². The molecule has 1 aliphatic carbocycles. The molecule has 2 aliphatic rings. The lowest BCUT2D eigenvalue weighted by Crippen LogP contribution is -2.47. The Morgan fingerprint density at radius 3 is 3.00 bits per heavy atom. The van der Waals surface area contributed by atoms with Crippen molar-refractivity contribution in [2.45, 2.75) is 38.3 Å². The van der Waals surface area contributed by atoms with Gasteiger partial charge < -0.3 is 15.3 Å². The largest absolute Gasteiger partial charge is 0.481 e. The van der Waals surface area contributed by atoms with Crippen LogP contribution in [0.3, 0.4) is 0 Å². The van der Waals surface area contributed by atoms with Gasteiger partial charge in [-0.2, -0.15) is 0 Å². The lowest BCUT2D eigenvalue weighted by atomic mass is 10.1. The molecule has 0 spiro atoms. The Hall–Kier alpha value is -1.56. The summed E-state index contributed by atoms with van der Waals surface area (Å²) in [4.78, 5) is 26.3. The Kier molecular flexibility index (Phi) is 3.65. The molecule has 0 bridgehead atoms. The van der Waals surface area contributed by atoms with E-state index in [9.17, 15) is 9.59 Å². The van der Waals surface area contributed by atoms with Gasteiger partial charge in [-0.1, -0.05) is 0 Å². The SMILES string of the molecule is O=C(O)CC(NC(=O)N1CCc2sccc2C1)C1CC1. The average molecular weight is 294 g/mol. The minimum Gasteiger partial charge on any atom is -0.481 e. The molecule has 0 saturated heterocycles. The molecular formula is C14H18N2O3S. The van der Waals surface area contributed by atoms with E-state index in [4.69, 9.17) is 5.11 Å². The summed E-state index contributed by atoms with van der Waals surface area (Å²) in [7, 11) is 0. The second-order valence-electron chi connectivity index (χ2n) is 5.53. The normalized spacial score (nSPS) is 19.3. The minimum atomic E-state index is -0.846. The van der Waals surface area contributed by atoms with Crippen LogP contribution in [0.5, 0.6) is 0 Å². The number of carbonyl (C=O) groups excluding carboxylic acids is 1. The summed E-state index contributed by atoms with van der Waals surface area (Å²) in [5, 5.41) is 13.9. The van der Waals surface area contributed by atoms with Crippen molar-refractivity contribution in [3.63, 3.8) is 0 Å². The average Bonchev–Trinajstić information content (AvgIpc) is 3.15. The summed E-state index contributed by atoms with van der Waals surface area (Å²) in [6.45, 7) is 1.35. The molecule has 20 heavy (non-hydrogen) atoms. The second kappa shape index (κ2) is 5.44. The molecule has 1 aliphatic heterocycles. The number of carbonyl (C=O) groups is 2. The van der Waals surface area contributed by atoms with E-state index in [-0.39, 0.29) is 18.5 Å². The van der Waals surface area contributed by atoms with Gasteiger partial charge in [0.1, 0.15) is 0 Å². The topological polar surface area (TPSA) is 69.6 Å². The third-order valence-electron chi connectivity index (χ3n) is 3.99. The zero-order chi connectivity index (χ0) is 14.1. The quantitative estimate of drug-likeness (QED) is 0.893. The van der Waals surface area contributed by atoms with Crippen LogP contribution in [0.15, 0.2) is 11.4 Å². The standard InChI is InChI=1S/C14H18N2O3S/c17-13(18)7-11(9-1-2-9)15-14(19)16-5-3-12-10(8-16)4-6-20-12/h4,6,9,11H,1-3,5,7-8H2,(H,15,19)(H,17,18). The van der Waals surface area contributed by atoms with Crippen molar-refractivity contribution in [1.82, 2.24) is 10.2 Å². The maximum Gasteiger partial charge on any atom is 0.317 e. The van der Waals surface area contributed by atoms with Gasteiger partial charge in [0.15, 0.2) is 0 Å². The predicted molar refractivity (Wildman–Crippen MR) is 75.7 cm³/mol. The number of hydrogen-bond acceptors (Lipinski definition) is 3. The van der Waals surface area contributed by atoms with E-state index < -0.39 is 5.97 Å². The third-order valence-corrected chi connectivity index (χ3v) is 5.01. The molecule has 0 aromatic carbocycles. The Labute approximate surface area is 121 Å². The highest BCUT2D eigenvalue weighted by Crippen LogP contribution is 2.34. The van der Waals surface area contributed by atoms with Gasteiger partial charge in [0, 0.05) is 24.0 Å². The summed E-state index contributed by atoms with van der Waals surface area (Å²) in [6.07, 6.45) is 2.96. The molecule has 1 unspecified atom stereocenters. The maximum absolute atomic E-state index is 12.3. The summed E-state index contributed by atoms with van der Waals surface area (Å²) >= 11 is 1.74. The summed E-state index contributed by atoms with van der Waals surface area (Å²) in [6, 6.07) is 1.72. The maximum atomic E-state index is 12.3. The van der Waals surface area contributed by atoms with Crippen molar-refractivity contribution >= 4 is 23.3 Å². The van der Waals surface area contributed by atoms with Gasteiger partial charge in [0.05, 0.1) is 6.42 Å². The number of fused-ring (bicyclic) bond motifs is 1. The first-order chi connectivity index (χ1) is 9.63. The van der Waals surface area contributed by atoms with E-state index >= 15 is 0 Å². The molecule has 2 heterocycles. The van der Waals surface area contributed by atoms with E-state index in [0.29, 0.717) is 19.0 Å². The van der Waals surface area contributed by atoms with Crippen LogP contribution in [0.4, 0.5) is 4.79 Å². The lowest BCUT2D eigenvalue weighted by molar-refractivity contribution is -0.137. The van der Waals surface area contributed by atoms with Gasteiger partial charge in [-0.15, -0.1) is 11.3 Å². The Morgan fingerprint density at radius 1 is 1.50 bits per heavy atom. The number of rotatable bonds is 4. The van der Waals surface area contributed by atoms with Crippen molar-refractivity contribution in [2.75, 3.05) is 6.54 Å². The summed E-state index contributed by atoms with van der Waals surface area (Å²) in [5.74, 6) is -0.502. The highest BCUT2D eigenvalue weighted by molar-refractivity contribution is 7.10. The number of urea groups is 1. The number of nitrogens with one attached hydrogen (secondary N) is 1. The molecule has 108 valence electrons. The van der Waals surface area contributed by atoms with Crippen molar-refractivity contribution in [3.8, 4) is 0 Å². The van der Waals surface area contributed by atoms with E-state index in [0.717, 1.165) is 19.3 Å². The second-order valence-corrected chi connectivity index (χ2v) is 6.53. The number of carboxylic acid groups (broad SMARTS) is 1. The first-order valence-corrected chi connectivity index (χ1v) is 7.84. The van der Waals surface area contributed by atoms with E-state index in [1.807, 2.05) is 0 Å². The van der Waals surface area contributed by atoms with Crippen molar-refractivity contribution in [3.05, 3.63) is 21.9 Å². The van der Waals surface area contributed by atoms with Gasteiger partial charge in [0.25, 0.3) is 0 Å². The Morgan fingerprint density at radius 2 is 2.30 bits per heavy atom. The van der Waals surface area contributed by atoms with Crippen LogP contribution in [-0.2, 0) is 17.8 Å². The predicted octanol–water partition coefficient (Wildman–Crippen LogP) is 2.07. The van der Waals surface area contributed by atoms with Crippen molar-refractivity contribution in [1.29, 1.82) is 0 Å². The molecule has 0 radical (unpaired) electrons. The number of amides is 2. The zero-order valence-electron chi connectivity index (χ0n) is 11.2. The van der Waals surface area contributed by atoms with Crippen LogP contribution in [-0.4, -0.2) is 34.6 Å². The fourth-order valence-corrected chi connectivity index (χ4v) is 3.58. The molecule has 2 amide bonds. The highest BCUT2D eigenvalue weighted by atomic mass is 32.1. The van der Waals surface area contributed by atoms with Gasteiger partial charge >= 0.3 is 12.0 Å². The number of nitrogens with zero attached hydrogens (tertiary/aromatic N) is 1. The molecular weight excluding hydrogens is 276 g/mol. The molecule has 1 atom stereocenters. The number of hydrogen-bond donors (Lipinski definition) is 2. The molecule has 3 rings (SSSR count). The van der Waals surface area contributed by atoms with Gasteiger partial charge in [-0.25, -0.2) is 4.79 Å². The number of thiophene rings is 1. The smallest absolute Gasteiger partial charge is 0.317 e. The molecule has 1 saturated carbocycles. The van der Waals surface area contributed by atoms with Crippen molar-refractivity contribution in [2.24, 2.45) is 5.92 Å². The summed E-state index contributed by atoms with van der Waals surface area (Å²) in [5.41, 5.74) is 1.22. The molecule has 1 aromatic rings. The molecule has 5 nitrogen and oxygen atoms in total. The molecule has 2 N–H and O–H groups in total. The monoisotopic (exact) mass is 294 g/mol. The fourth-order valence-electron chi connectivity index (χ4n) is 2.69. The van der Waals surface area contributed by atoms with Crippen molar-refractivity contribution < 1.29 is 14.7 Å².